The molecule has 8 nitrogen and oxygen atoms in total. The molecule has 0 bridgehead atoms. The number of anilines is 2. The second-order valence-corrected chi connectivity index (χ2v) is 10.1. The highest BCUT2D eigenvalue weighted by Crippen LogP contribution is 2.24. The van der Waals surface area contributed by atoms with Crippen LogP contribution >= 0.6 is 0 Å². The van der Waals surface area contributed by atoms with Crippen LogP contribution in [0.2, 0.25) is 0 Å². The van der Waals surface area contributed by atoms with E-state index in [1.807, 2.05) is 0 Å². The van der Waals surface area contributed by atoms with Crippen LogP contribution in [0.25, 0.3) is 15.5 Å². The van der Waals surface area contributed by atoms with Crippen molar-refractivity contribution in [3.63, 3.8) is 0 Å². The van der Waals surface area contributed by atoms with Crippen LogP contribution < -0.4 is 15.2 Å². The molecule has 0 unspecified atom stereocenters. The number of nitrogens with two attached hydrogens (primary N) is 1. The van der Waals surface area contributed by atoms with Gasteiger partial charge in [0.05, 0.1) is 4.90 Å². The number of benzene rings is 3. The molecule has 9 heteroatoms. The first kappa shape index (κ1) is 25.6. The molecule has 188 valence electrons. The van der Waals surface area contributed by atoms with Gasteiger partial charge in [0.2, 0.25) is 10.0 Å². The van der Waals surface area contributed by atoms with Crippen molar-refractivity contribution in [3.05, 3.63) is 120 Å². The molecule has 2 heterocycles. The lowest BCUT2D eigenvalue weighted by atomic mass is 10.1. The Morgan fingerprint density at radius 1 is 0.838 bits per heavy atom. The van der Waals surface area contributed by atoms with Crippen LogP contribution in [0.1, 0.15) is 5.56 Å². The molecule has 0 aliphatic heterocycles. The van der Waals surface area contributed by atoms with Gasteiger partial charge in [0.15, 0.2) is 18.9 Å². The zero-order valence-corrected chi connectivity index (χ0v) is 21.5. The first-order valence-electron chi connectivity index (χ1n) is 11.5. The van der Waals surface area contributed by atoms with Crippen molar-refractivity contribution in [1.29, 1.82) is 0 Å². The summed E-state index contributed by atoms with van der Waals surface area (Å²) in [7, 11) is 0.331. The summed E-state index contributed by atoms with van der Waals surface area (Å²) in [4.78, 5) is 9.62. The maximum atomic E-state index is 11.8. The van der Waals surface area contributed by atoms with E-state index in [1.165, 1.54) is 58.7 Å². The molecule has 37 heavy (non-hydrogen) atoms. The molecule has 3 aromatic carbocycles. The molecule has 0 radical (unpaired) electrons. The summed E-state index contributed by atoms with van der Waals surface area (Å²) >= 11 is 0. The predicted molar refractivity (Wildman–Crippen MR) is 147 cm³/mol. The number of nitrogen functional groups attached to an aromatic ring is 1. The highest BCUT2D eigenvalue weighted by molar-refractivity contribution is 7.94. The van der Waals surface area contributed by atoms with E-state index in [4.69, 9.17) is 5.73 Å². The maximum Gasteiger partial charge on any atom is 0.229 e. The average Bonchev–Trinajstić information content (AvgIpc) is 2.90. The standard InChI is InChI=1S/C18H19N2.C10H9N4O2S/c1-19(2)18-9-11-20(12-10-18)14-15-7-8-16-5-3-4-6-17(16)13-15;11-8-2-4-9(5-3-8)17(15,16)14-10-12-6-1-7-13-10/h3-13H,14H2,1-2H3;1-7H,11H2/q+1;-1. The van der Waals surface area contributed by atoms with E-state index >= 15 is 0 Å². The Labute approximate surface area is 217 Å². The summed E-state index contributed by atoms with van der Waals surface area (Å²) in [6.45, 7) is 0.901. The first-order chi connectivity index (χ1) is 17.8. The van der Waals surface area contributed by atoms with Gasteiger partial charge in [0.1, 0.15) is 0 Å². The fourth-order valence-electron chi connectivity index (χ4n) is 3.54. The third-order valence-corrected chi connectivity index (χ3v) is 6.77. The van der Waals surface area contributed by atoms with Crippen LogP contribution in [-0.2, 0) is 16.6 Å². The minimum Gasteiger partial charge on any atom is -0.399 e. The average molecular weight is 513 g/mol. The van der Waals surface area contributed by atoms with Crippen LogP contribution in [0.15, 0.2) is 115 Å². The summed E-state index contributed by atoms with van der Waals surface area (Å²) in [6.07, 6.45) is 7.10. The molecule has 0 amide bonds. The number of hydrogen-bond donors (Lipinski definition) is 1. The molecule has 0 saturated carbocycles. The Balaban J connectivity index is 0.000000176. The molecule has 5 rings (SSSR count). The predicted octanol–water partition coefficient (Wildman–Crippen LogP) is 4.69. The van der Waals surface area contributed by atoms with Gasteiger partial charge in [0, 0.05) is 49.1 Å². The van der Waals surface area contributed by atoms with Crippen molar-refractivity contribution >= 4 is 38.1 Å². The van der Waals surface area contributed by atoms with Crippen molar-refractivity contribution < 1.29 is 13.0 Å². The second kappa shape index (κ2) is 11.5. The molecule has 0 fully saturated rings. The van der Waals surface area contributed by atoms with Crippen LogP contribution in [-0.4, -0.2) is 32.5 Å². The van der Waals surface area contributed by atoms with Gasteiger partial charge in [-0.3, -0.25) is 4.72 Å². The molecule has 5 aromatic rings. The van der Waals surface area contributed by atoms with Crippen molar-refractivity contribution in [1.82, 2.24) is 9.97 Å². The van der Waals surface area contributed by atoms with Crippen LogP contribution in [0.3, 0.4) is 0 Å². The molecule has 0 aliphatic carbocycles. The lowest BCUT2D eigenvalue weighted by molar-refractivity contribution is -0.688. The lowest BCUT2D eigenvalue weighted by Crippen LogP contribution is -2.33. The number of hydrogen-bond acceptors (Lipinski definition) is 6. The normalized spacial score (nSPS) is 10.9. The van der Waals surface area contributed by atoms with Gasteiger partial charge in [-0.1, -0.05) is 42.5 Å². The third-order valence-electron chi connectivity index (χ3n) is 5.50. The minimum absolute atomic E-state index is 0.0548. The Morgan fingerprint density at radius 3 is 2.14 bits per heavy atom. The Bertz CT molecular complexity index is 1560. The summed E-state index contributed by atoms with van der Waals surface area (Å²) in [5.74, 6) is -0.0932. The van der Waals surface area contributed by atoms with Crippen molar-refractivity contribution in [2.24, 2.45) is 0 Å². The van der Waals surface area contributed by atoms with Crippen LogP contribution in [0.4, 0.5) is 17.3 Å². The van der Waals surface area contributed by atoms with E-state index in [0.29, 0.717) is 5.69 Å². The first-order valence-corrected chi connectivity index (χ1v) is 13.0. The number of nitrogens with zero attached hydrogens (tertiary/aromatic N) is 5. The number of rotatable bonds is 6. The number of aromatic nitrogens is 3. The lowest BCUT2D eigenvalue weighted by Gasteiger charge is -2.11. The smallest absolute Gasteiger partial charge is 0.229 e. The van der Waals surface area contributed by atoms with Gasteiger partial charge in [-0.05, 0) is 53.5 Å². The highest BCUT2D eigenvalue weighted by Gasteiger charge is 2.11. The number of sulfonamides is 1. The fourth-order valence-corrected chi connectivity index (χ4v) is 4.43. The Morgan fingerprint density at radius 2 is 1.49 bits per heavy atom. The monoisotopic (exact) mass is 512 g/mol. The quantitative estimate of drug-likeness (QED) is 0.261. The van der Waals surface area contributed by atoms with Gasteiger partial charge < -0.3 is 20.6 Å². The topological polar surface area (TPSA) is 107 Å². The van der Waals surface area contributed by atoms with Crippen LogP contribution in [0, 0.1) is 0 Å². The fraction of sp³-hybridized carbons (Fsp3) is 0.107. The zero-order chi connectivity index (χ0) is 26.3. The van der Waals surface area contributed by atoms with Crippen LogP contribution in [0.5, 0.6) is 0 Å². The van der Waals surface area contributed by atoms with E-state index in [-0.39, 0.29) is 10.8 Å². The van der Waals surface area contributed by atoms with E-state index < -0.39 is 10.0 Å². The second-order valence-electron chi connectivity index (χ2n) is 8.49. The van der Waals surface area contributed by atoms with E-state index in [1.54, 1.807) is 6.07 Å². The summed E-state index contributed by atoms with van der Waals surface area (Å²) < 4.78 is 29.4. The van der Waals surface area contributed by atoms with Gasteiger partial charge in [-0.15, -0.1) is 0 Å². The highest BCUT2D eigenvalue weighted by atomic mass is 32.2. The maximum absolute atomic E-state index is 11.8. The SMILES string of the molecule is CN(C)c1cc[n+](Cc2ccc3ccccc3c2)cc1.Nc1ccc(S(=O)(=O)[N-]c2ncccn2)cc1. The molecule has 2 aromatic heterocycles. The van der Waals surface area contributed by atoms with Gasteiger partial charge in [-0.2, -0.15) is 0 Å². The van der Waals surface area contributed by atoms with E-state index in [2.05, 4.69) is 105 Å². The Hall–Kier alpha value is -4.50. The molecular formula is C28H28N6O2S. The molecule has 0 aliphatic rings. The van der Waals surface area contributed by atoms with Gasteiger partial charge in [-0.25, -0.2) is 13.0 Å². The molecule has 0 atom stereocenters. The molecule has 0 spiro atoms. The van der Waals surface area contributed by atoms with E-state index in [9.17, 15) is 8.42 Å². The van der Waals surface area contributed by atoms with E-state index in [0.717, 1.165) is 6.54 Å². The number of pyridine rings is 1. The van der Waals surface area contributed by atoms with Crippen molar-refractivity contribution in [2.75, 3.05) is 24.7 Å². The summed E-state index contributed by atoms with van der Waals surface area (Å²) in [6, 6.07) is 26.8. The number of fused-ring (bicyclic) bond motifs is 1. The van der Waals surface area contributed by atoms with Gasteiger partial charge in [0.25, 0.3) is 0 Å². The Kier molecular flexibility index (Phi) is 7.95. The third kappa shape index (κ3) is 7.02. The van der Waals surface area contributed by atoms with Gasteiger partial charge >= 0.3 is 0 Å². The summed E-state index contributed by atoms with van der Waals surface area (Å²) in [5, 5.41) is 2.60. The minimum atomic E-state index is -3.79. The molecular weight excluding hydrogens is 484 g/mol. The van der Waals surface area contributed by atoms with Crippen molar-refractivity contribution in [3.8, 4) is 0 Å². The summed E-state index contributed by atoms with van der Waals surface area (Å²) in [5.41, 5.74) is 8.51. The zero-order valence-electron chi connectivity index (χ0n) is 20.6. The van der Waals surface area contributed by atoms with Crippen molar-refractivity contribution in [2.45, 2.75) is 11.4 Å². The molecule has 2 N–H and O–H groups in total. The molecule has 0 saturated heterocycles. The largest absolute Gasteiger partial charge is 0.399 e.